The van der Waals surface area contributed by atoms with E-state index in [1.807, 2.05) is 33.3 Å². The second kappa shape index (κ2) is 60.6. The molecular weight excluding hydrogens is 1020 g/mol. The van der Waals surface area contributed by atoms with Gasteiger partial charge in [0.25, 0.3) is 7.82 Å². The van der Waals surface area contributed by atoms with Gasteiger partial charge in [0.2, 0.25) is 5.91 Å². The van der Waals surface area contributed by atoms with Crippen molar-refractivity contribution in [3.63, 3.8) is 0 Å². The van der Waals surface area contributed by atoms with Crippen molar-refractivity contribution in [1.29, 1.82) is 0 Å². The lowest BCUT2D eigenvalue weighted by atomic mass is 10.0. The fourth-order valence-electron chi connectivity index (χ4n) is 9.90. The van der Waals surface area contributed by atoms with Gasteiger partial charge in [0, 0.05) is 12.8 Å². The minimum atomic E-state index is -4.70. The van der Waals surface area contributed by atoms with Crippen molar-refractivity contribution in [3.8, 4) is 0 Å². The third-order valence-electron chi connectivity index (χ3n) is 15.2. The molecule has 0 aromatic rings. The Morgan fingerprint density at radius 1 is 0.444 bits per heavy atom. The van der Waals surface area contributed by atoms with Crippen molar-refractivity contribution in [2.45, 2.75) is 328 Å². The zero-order valence-corrected chi connectivity index (χ0v) is 54.9. The summed E-state index contributed by atoms with van der Waals surface area (Å²) >= 11 is 0. The Kier molecular flexibility index (Phi) is 58.7. The number of hydrogen-bond donors (Lipinski definition) is 1. The molecule has 0 spiro atoms. The molecule has 0 rings (SSSR count). The van der Waals surface area contributed by atoms with Crippen molar-refractivity contribution in [1.82, 2.24) is 5.32 Å². The SMILES string of the molecule is CC/C=C\C/C=C\C/C=C\C/C=C\C/C=C\CCCCCCCCCCCCCC(=O)OC(/C=C/CCCCCCCCCCC)C(COP(=O)([O-])OCC[N+](C)(C)C)NC(=O)CCCCCCCCCCCCCCCCCCC. The highest BCUT2D eigenvalue weighted by Gasteiger charge is 2.27. The number of hydrogen-bond acceptors (Lipinski definition) is 7. The minimum absolute atomic E-state index is 0.0227. The van der Waals surface area contributed by atoms with Crippen LogP contribution >= 0.6 is 7.82 Å². The first-order valence-corrected chi connectivity index (χ1v) is 35.7. The van der Waals surface area contributed by atoms with Crippen LogP contribution < -0.4 is 10.2 Å². The highest BCUT2D eigenvalue weighted by molar-refractivity contribution is 7.45. The molecule has 0 aliphatic rings. The van der Waals surface area contributed by atoms with Gasteiger partial charge in [-0.05, 0) is 76.7 Å². The fraction of sp³-hybridized carbons (Fsp3) is 0.803. The predicted octanol–water partition coefficient (Wildman–Crippen LogP) is 20.9. The van der Waals surface area contributed by atoms with Gasteiger partial charge >= 0.3 is 5.97 Å². The predicted molar refractivity (Wildman–Crippen MR) is 348 cm³/mol. The number of rotatable bonds is 62. The van der Waals surface area contributed by atoms with Crippen molar-refractivity contribution in [2.75, 3.05) is 40.9 Å². The number of allylic oxidation sites excluding steroid dienone is 11. The van der Waals surface area contributed by atoms with Gasteiger partial charge in [0.05, 0.1) is 33.8 Å². The second-order valence-corrected chi connectivity index (χ2v) is 25.7. The smallest absolute Gasteiger partial charge is 0.306 e. The van der Waals surface area contributed by atoms with Crippen LogP contribution in [0.25, 0.3) is 0 Å². The second-order valence-electron chi connectivity index (χ2n) is 24.3. The summed E-state index contributed by atoms with van der Waals surface area (Å²) in [5, 5.41) is 3.04. The van der Waals surface area contributed by atoms with Crippen molar-refractivity contribution in [3.05, 3.63) is 72.9 Å². The number of nitrogens with one attached hydrogen (secondary N) is 1. The molecule has 81 heavy (non-hydrogen) atoms. The van der Waals surface area contributed by atoms with Gasteiger partial charge in [-0.15, -0.1) is 0 Å². The van der Waals surface area contributed by atoms with E-state index in [2.05, 4.69) is 86.8 Å². The van der Waals surface area contributed by atoms with Gasteiger partial charge < -0.3 is 28.5 Å². The zero-order valence-electron chi connectivity index (χ0n) is 54.0. The van der Waals surface area contributed by atoms with Crippen molar-refractivity contribution in [2.24, 2.45) is 0 Å². The highest BCUT2D eigenvalue weighted by atomic mass is 31.2. The van der Waals surface area contributed by atoms with E-state index in [9.17, 15) is 19.0 Å². The summed E-state index contributed by atoms with van der Waals surface area (Å²) in [7, 11) is 1.19. The molecule has 0 heterocycles. The van der Waals surface area contributed by atoms with Crippen LogP contribution in [0.4, 0.5) is 0 Å². The maximum Gasteiger partial charge on any atom is 0.306 e. The molecule has 0 fully saturated rings. The van der Waals surface area contributed by atoms with E-state index in [1.165, 1.54) is 193 Å². The van der Waals surface area contributed by atoms with Gasteiger partial charge in [-0.25, -0.2) is 0 Å². The molecular formula is C71H131N2O7P. The monoisotopic (exact) mass is 1150 g/mol. The highest BCUT2D eigenvalue weighted by Crippen LogP contribution is 2.38. The number of quaternary nitrogens is 1. The van der Waals surface area contributed by atoms with Crippen LogP contribution in [0.1, 0.15) is 316 Å². The Hall–Kier alpha value is -2.55. The number of carbonyl (C=O) groups is 2. The Labute approximate surface area is 502 Å². The fourth-order valence-corrected chi connectivity index (χ4v) is 10.6. The lowest BCUT2D eigenvalue weighted by molar-refractivity contribution is -0.870. The number of carbonyl (C=O) groups excluding carboxylic acids is 2. The number of esters is 1. The van der Waals surface area contributed by atoms with E-state index in [1.54, 1.807) is 0 Å². The average Bonchev–Trinajstić information content (AvgIpc) is 3.44. The third-order valence-corrected chi connectivity index (χ3v) is 16.1. The van der Waals surface area contributed by atoms with Crippen LogP contribution in [0.2, 0.25) is 0 Å². The van der Waals surface area contributed by atoms with Crippen LogP contribution in [0.3, 0.4) is 0 Å². The van der Waals surface area contributed by atoms with Crippen LogP contribution in [0.15, 0.2) is 72.9 Å². The van der Waals surface area contributed by atoms with Crippen molar-refractivity contribution >= 4 is 19.7 Å². The maximum absolute atomic E-state index is 13.6. The largest absolute Gasteiger partial charge is 0.756 e. The van der Waals surface area contributed by atoms with Gasteiger partial charge in [-0.1, -0.05) is 299 Å². The summed E-state index contributed by atoms with van der Waals surface area (Å²) in [6.07, 6.45) is 78.8. The molecule has 0 bridgehead atoms. The molecule has 10 heteroatoms. The summed E-state index contributed by atoms with van der Waals surface area (Å²) in [6, 6.07) is -0.889. The van der Waals surface area contributed by atoms with Gasteiger partial charge in [-0.2, -0.15) is 0 Å². The number of nitrogens with zero attached hydrogens (tertiary/aromatic N) is 1. The van der Waals surface area contributed by atoms with Gasteiger partial charge in [-0.3, -0.25) is 14.2 Å². The molecule has 0 saturated heterocycles. The topological polar surface area (TPSA) is 114 Å². The molecule has 0 aliphatic carbocycles. The van der Waals surface area contributed by atoms with Crippen molar-refractivity contribution < 1.29 is 37.3 Å². The van der Waals surface area contributed by atoms with Gasteiger partial charge in [0.15, 0.2) is 0 Å². The van der Waals surface area contributed by atoms with E-state index in [0.29, 0.717) is 17.4 Å². The number of phosphoric acid groups is 1. The number of unbranched alkanes of at least 4 members (excludes halogenated alkanes) is 36. The summed E-state index contributed by atoms with van der Waals surface area (Å²) in [5.41, 5.74) is 0. The lowest BCUT2D eigenvalue weighted by Gasteiger charge is -2.30. The summed E-state index contributed by atoms with van der Waals surface area (Å²) in [5.74, 6) is -0.534. The minimum Gasteiger partial charge on any atom is -0.756 e. The molecule has 1 N–H and O–H groups in total. The molecule has 472 valence electrons. The quantitative estimate of drug-likeness (QED) is 0.0212. The molecule has 0 radical (unpaired) electrons. The number of phosphoric ester groups is 1. The average molecular weight is 1160 g/mol. The van der Waals surface area contributed by atoms with E-state index in [4.69, 9.17) is 13.8 Å². The standard InChI is InChI=1S/C71H131N2O7P/c1-7-10-13-16-19-22-25-27-29-31-32-33-34-35-36-37-38-39-40-42-44-46-49-52-55-58-61-64-71(75)80-69(62-59-56-53-50-47-24-21-18-15-12-9-3)68(67-79-81(76,77)78-66-65-73(4,5)6)72-70(74)63-60-57-54-51-48-45-43-41-30-28-26-23-20-17-14-11-8-2/h10,13,19,22,27,29,32-33,35-36,59,62,68-69H,7-9,11-12,14-18,20-21,23-26,28,30-31,34,37-58,60-61,63-67H2,1-6H3,(H-,72,74,76,77)/b13-10-,22-19-,29-27-,33-32-,36-35-,62-59+. The molecule has 3 unspecified atom stereocenters. The van der Waals surface area contributed by atoms with Crippen LogP contribution in [0, 0.1) is 0 Å². The first-order valence-electron chi connectivity index (χ1n) is 34.2. The molecule has 9 nitrogen and oxygen atoms in total. The Bertz CT molecular complexity index is 1620. The molecule has 1 amide bonds. The van der Waals surface area contributed by atoms with Crippen LogP contribution in [-0.4, -0.2) is 69.4 Å². The lowest BCUT2D eigenvalue weighted by Crippen LogP contribution is -2.47. The molecule has 0 aromatic carbocycles. The van der Waals surface area contributed by atoms with Crippen LogP contribution in [-0.2, 0) is 27.9 Å². The normalized spacial score (nSPS) is 14.0. The Balaban J connectivity index is 5.02. The number of likely N-dealkylation sites (N-methyl/N-ethyl adjacent to an activating group) is 1. The zero-order chi connectivity index (χ0) is 59.3. The molecule has 0 aliphatic heterocycles. The molecule has 0 aromatic heterocycles. The number of amides is 1. The van der Waals surface area contributed by atoms with Crippen LogP contribution in [0.5, 0.6) is 0 Å². The Morgan fingerprint density at radius 2 is 0.790 bits per heavy atom. The molecule has 3 atom stereocenters. The van der Waals surface area contributed by atoms with E-state index >= 15 is 0 Å². The van der Waals surface area contributed by atoms with Gasteiger partial charge in [0.1, 0.15) is 19.3 Å². The number of ether oxygens (including phenoxy) is 1. The third kappa shape index (κ3) is 61.8. The summed E-state index contributed by atoms with van der Waals surface area (Å²) in [6.45, 7) is 6.76. The first-order chi connectivity index (χ1) is 39.4. The van der Waals surface area contributed by atoms with E-state index in [-0.39, 0.29) is 31.5 Å². The maximum atomic E-state index is 13.6. The summed E-state index contributed by atoms with van der Waals surface area (Å²) < 4.78 is 30.4. The summed E-state index contributed by atoms with van der Waals surface area (Å²) in [4.78, 5) is 40.1. The van der Waals surface area contributed by atoms with E-state index < -0.39 is 20.0 Å². The first kappa shape index (κ1) is 78.5. The van der Waals surface area contributed by atoms with E-state index in [0.717, 1.165) is 89.9 Å². The molecule has 0 saturated carbocycles. The Morgan fingerprint density at radius 3 is 1.19 bits per heavy atom.